The van der Waals surface area contributed by atoms with E-state index in [1.54, 1.807) is 18.2 Å². The van der Waals surface area contributed by atoms with Crippen LogP contribution in [0.3, 0.4) is 0 Å². The van der Waals surface area contributed by atoms with Crippen LogP contribution in [0.5, 0.6) is 11.5 Å². The van der Waals surface area contributed by atoms with Gasteiger partial charge in [-0.05, 0) is 18.2 Å². The molecule has 1 fully saturated rings. The first-order chi connectivity index (χ1) is 10.2. The SMILES string of the molecule is O=C(O)C1CSCN1C(=O)c1ccc2c(c1)OCCCO2. The van der Waals surface area contributed by atoms with Crippen molar-refractivity contribution in [2.75, 3.05) is 24.8 Å². The second-order valence-corrected chi connectivity index (χ2v) is 5.84. The first kappa shape index (κ1) is 14.1. The van der Waals surface area contributed by atoms with E-state index in [4.69, 9.17) is 14.6 Å². The highest BCUT2D eigenvalue weighted by Crippen LogP contribution is 2.32. The lowest BCUT2D eigenvalue weighted by molar-refractivity contribution is -0.140. The van der Waals surface area contributed by atoms with Crippen molar-refractivity contribution in [3.63, 3.8) is 0 Å². The van der Waals surface area contributed by atoms with Gasteiger partial charge in [-0.25, -0.2) is 4.79 Å². The summed E-state index contributed by atoms with van der Waals surface area (Å²) >= 11 is 1.44. The van der Waals surface area contributed by atoms with Gasteiger partial charge < -0.3 is 19.5 Å². The van der Waals surface area contributed by atoms with Crippen molar-refractivity contribution in [3.8, 4) is 11.5 Å². The van der Waals surface area contributed by atoms with Gasteiger partial charge in [-0.3, -0.25) is 4.79 Å². The minimum atomic E-state index is -0.970. The highest BCUT2D eigenvalue weighted by atomic mass is 32.2. The van der Waals surface area contributed by atoms with Gasteiger partial charge in [0, 0.05) is 17.7 Å². The van der Waals surface area contributed by atoms with E-state index in [0.29, 0.717) is 41.9 Å². The van der Waals surface area contributed by atoms with Crippen LogP contribution in [0, 0.1) is 0 Å². The van der Waals surface area contributed by atoms with Crippen LogP contribution in [0.2, 0.25) is 0 Å². The van der Waals surface area contributed by atoms with E-state index < -0.39 is 12.0 Å². The van der Waals surface area contributed by atoms with Gasteiger partial charge in [0.05, 0.1) is 19.1 Å². The average molecular weight is 309 g/mol. The summed E-state index contributed by atoms with van der Waals surface area (Å²) in [5.74, 6) is 0.716. The fourth-order valence-electron chi connectivity index (χ4n) is 2.31. The largest absolute Gasteiger partial charge is 0.490 e. The Hall–Kier alpha value is -1.89. The molecular formula is C14H15NO5S. The van der Waals surface area contributed by atoms with Crippen LogP contribution in [-0.4, -0.2) is 52.8 Å². The van der Waals surface area contributed by atoms with Crippen LogP contribution in [-0.2, 0) is 4.79 Å². The molecule has 7 heteroatoms. The molecule has 112 valence electrons. The van der Waals surface area contributed by atoms with Crippen molar-refractivity contribution < 1.29 is 24.2 Å². The van der Waals surface area contributed by atoms with Gasteiger partial charge in [0.15, 0.2) is 11.5 Å². The van der Waals surface area contributed by atoms with Gasteiger partial charge in [0.1, 0.15) is 6.04 Å². The molecule has 1 aromatic rings. The van der Waals surface area contributed by atoms with Crippen molar-refractivity contribution in [1.82, 2.24) is 4.90 Å². The zero-order chi connectivity index (χ0) is 14.8. The second-order valence-electron chi connectivity index (χ2n) is 4.84. The molecule has 0 radical (unpaired) electrons. The summed E-state index contributed by atoms with van der Waals surface area (Å²) in [7, 11) is 0. The Morgan fingerprint density at radius 2 is 2.00 bits per heavy atom. The number of thioether (sulfide) groups is 1. The number of aliphatic carboxylic acids is 1. The molecule has 6 nitrogen and oxygen atoms in total. The molecule has 2 aliphatic rings. The maximum absolute atomic E-state index is 12.5. The van der Waals surface area contributed by atoms with Gasteiger partial charge in [-0.2, -0.15) is 0 Å². The normalized spacial score (nSPS) is 21.0. The predicted octanol–water partition coefficient (Wildman–Crippen LogP) is 1.45. The number of carboxylic acid groups (broad SMARTS) is 1. The summed E-state index contributed by atoms with van der Waals surface area (Å²) in [5.41, 5.74) is 0.424. The fraction of sp³-hybridized carbons (Fsp3) is 0.429. The maximum Gasteiger partial charge on any atom is 0.327 e. The topological polar surface area (TPSA) is 76.1 Å². The third-order valence-electron chi connectivity index (χ3n) is 3.42. The van der Waals surface area contributed by atoms with Crippen molar-refractivity contribution in [2.24, 2.45) is 0 Å². The molecule has 0 bridgehead atoms. The molecule has 0 aromatic heterocycles. The third kappa shape index (κ3) is 2.78. The van der Waals surface area contributed by atoms with Crippen LogP contribution in [0.25, 0.3) is 0 Å². The minimum absolute atomic E-state index is 0.289. The number of carbonyl (C=O) groups excluding carboxylic acids is 1. The minimum Gasteiger partial charge on any atom is -0.490 e. The monoisotopic (exact) mass is 309 g/mol. The maximum atomic E-state index is 12.5. The lowest BCUT2D eigenvalue weighted by Gasteiger charge is -2.21. The molecule has 1 amide bonds. The Morgan fingerprint density at radius 3 is 2.76 bits per heavy atom. The number of rotatable bonds is 2. The first-order valence-electron chi connectivity index (χ1n) is 6.68. The van der Waals surface area contributed by atoms with Crippen molar-refractivity contribution in [3.05, 3.63) is 23.8 Å². The number of amides is 1. The van der Waals surface area contributed by atoms with E-state index in [0.717, 1.165) is 6.42 Å². The number of hydrogen-bond acceptors (Lipinski definition) is 5. The smallest absolute Gasteiger partial charge is 0.327 e. The van der Waals surface area contributed by atoms with E-state index in [9.17, 15) is 9.59 Å². The highest BCUT2D eigenvalue weighted by molar-refractivity contribution is 7.99. The molecule has 1 saturated heterocycles. The number of carbonyl (C=O) groups is 2. The molecule has 1 N–H and O–H groups in total. The molecule has 0 saturated carbocycles. The van der Waals surface area contributed by atoms with E-state index in [-0.39, 0.29) is 5.91 Å². The molecule has 0 aliphatic carbocycles. The van der Waals surface area contributed by atoms with Gasteiger partial charge in [-0.15, -0.1) is 11.8 Å². The lowest BCUT2D eigenvalue weighted by Crippen LogP contribution is -2.41. The quantitative estimate of drug-likeness (QED) is 0.891. The van der Waals surface area contributed by atoms with E-state index in [2.05, 4.69) is 0 Å². The van der Waals surface area contributed by atoms with Crippen LogP contribution in [0.15, 0.2) is 18.2 Å². The number of ether oxygens (including phenoxy) is 2. The Kier molecular flexibility index (Phi) is 3.92. The number of nitrogens with zero attached hydrogens (tertiary/aromatic N) is 1. The van der Waals surface area contributed by atoms with Gasteiger partial charge in [0.25, 0.3) is 5.91 Å². The summed E-state index contributed by atoms with van der Waals surface area (Å²) in [6.45, 7) is 1.13. The van der Waals surface area contributed by atoms with Crippen molar-refractivity contribution in [1.29, 1.82) is 0 Å². The summed E-state index contributed by atoms with van der Waals surface area (Å²) in [6.07, 6.45) is 0.793. The third-order valence-corrected chi connectivity index (χ3v) is 4.43. The Balaban J connectivity index is 1.85. The standard InChI is InChI=1S/C14H15NO5S/c16-13(15-8-21-7-10(15)14(17)18)9-2-3-11-12(6-9)20-5-1-4-19-11/h2-3,6,10H,1,4-5,7-8H2,(H,17,18). The van der Waals surface area contributed by atoms with Crippen LogP contribution < -0.4 is 9.47 Å². The van der Waals surface area contributed by atoms with Crippen molar-refractivity contribution >= 4 is 23.6 Å². The summed E-state index contributed by atoms with van der Waals surface area (Å²) in [6, 6.07) is 4.22. The highest BCUT2D eigenvalue weighted by Gasteiger charge is 2.35. The van der Waals surface area contributed by atoms with Crippen LogP contribution >= 0.6 is 11.8 Å². The molecule has 21 heavy (non-hydrogen) atoms. The predicted molar refractivity (Wildman–Crippen MR) is 77.0 cm³/mol. The van der Waals surface area contributed by atoms with Crippen molar-refractivity contribution in [2.45, 2.75) is 12.5 Å². The summed E-state index contributed by atoms with van der Waals surface area (Å²) in [4.78, 5) is 25.0. The summed E-state index contributed by atoms with van der Waals surface area (Å²) < 4.78 is 11.1. The van der Waals surface area contributed by atoms with Gasteiger partial charge >= 0.3 is 5.97 Å². The molecule has 1 aromatic carbocycles. The van der Waals surface area contributed by atoms with E-state index in [1.165, 1.54) is 16.7 Å². The van der Waals surface area contributed by atoms with Gasteiger partial charge in [0.2, 0.25) is 0 Å². The Bertz CT molecular complexity index is 576. The van der Waals surface area contributed by atoms with Crippen LogP contribution in [0.1, 0.15) is 16.8 Å². The molecule has 3 rings (SSSR count). The average Bonchev–Trinajstić information content (AvgIpc) is 2.85. The lowest BCUT2D eigenvalue weighted by atomic mass is 10.1. The Labute approximate surface area is 126 Å². The zero-order valence-electron chi connectivity index (χ0n) is 11.3. The Morgan fingerprint density at radius 1 is 1.24 bits per heavy atom. The van der Waals surface area contributed by atoms with Gasteiger partial charge in [-0.1, -0.05) is 0 Å². The van der Waals surface area contributed by atoms with E-state index in [1.807, 2.05) is 0 Å². The molecule has 2 heterocycles. The second kappa shape index (κ2) is 5.85. The number of benzene rings is 1. The number of fused-ring (bicyclic) bond motifs is 1. The molecule has 0 spiro atoms. The molecule has 2 aliphatic heterocycles. The van der Waals surface area contributed by atoms with Crippen LogP contribution in [0.4, 0.5) is 0 Å². The molecule has 1 atom stereocenters. The molecular weight excluding hydrogens is 294 g/mol. The van der Waals surface area contributed by atoms with E-state index >= 15 is 0 Å². The zero-order valence-corrected chi connectivity index (χ0v) is 12.1. The molecule has 1 unspecified atom stereocenters. The first-order valence-corrected chi connectivity index (χ1v) is 7.83. The number of hydrogen-bond donors (Lipinski definition) is 1. The fourth-order valence-corrected chi connectivity index (χ4v) is 3.45. The number of carboxylic acids is 1. The summed E-state index contributed by atoms with van der Waals surface area (Å²) in [5, 5.41) is 9.16.